The molecule has 0 amide bonds. The van der Waals surface area contributed by atoms with Crippen molar-refractivity contribution in [2.45, 2.75) is 122 Å². The monoisotopic (exact) mass is 568 g/mol. The van der Waals surface area contributed by atoms with Crippen molar-refractivity contribution in [1.82, 2.24) is 0 Å². The molecule has 3 aliphatic carbocycles. The van der Waals surface area contributed by atoms with Gasteiger partial charge < -0.3 is 14.2 Å². The van der Waals surface area contributed by atoms with E-state index in [0.29, 0.717) is 12.3 Å². The quantitative estimate of drug-likeness (QED) is 0.135. The minimum Gasteiger partial charge on any atom is -0.490 e. The maximum absolute atomic E-state index is 14.5. The van der Waals surface area contributed by atoms with E-state index in [1.807, 2.05) is 6.92 Å². The minimum atomic E-state index is -3.77. The first-order chi connectivity index (χ1) is 19.3. The molecule has 1 unspecified atom stereocenters. The summed E-state index contributed by atoms with van der Waals surface area (Å²) in [5, 5.41) is 0. The van der Waals surface area contributed by atoms with Gasteiger partial charge in [0.05, 0.1) is 12.7 Å². The lowest BCUT2D eigenvalue weighted by Gasteiger charge is -2.40. The van der Waals surface area contributed by atoms with Crippen LogP contribution in [-0.4, -0.2) is 25.4 Å². The fourth-order valence-electron chi connectivity index (χ4n) is 7.14. The third kappa shape index (κ3) is 8.62. The van der Waals surface area contributed by atoms with Crippen molar-refractivity contribution in [3.05, 3.63) is 35.4 Å². The molecule has 2 fully saturated rings. The molecule has 2 saturated carbocycles. The predicted octanol–water partition coefficient (Wildman–Crippen LogP) is 10.0. The van der Waals surface area contributed by atoms with Crippen LogP contribution in [0.2, 0.25) is 0 Å². The van der Waals surface area contributed by atoms with Gasteiger partial charge in [-0.3, -0.25) is 0 Å². The van der Waals surface area contributed by atoms with Crippen molar-refractivity contribution < 1.29 is 31.8 Å². The first kappa shape index (κ1) is 31.2. The molecule has 1 atom stereocenters. The SMILES string of the molecule is CCCCOc1ccc(OC(F)(F)COC2CCC(C3CCC(C4CC=C(CCC)CC4)CC3)CC2)c(F)c1F. The van der Waals surface area contributed by atoms with Gasteiger partial charge in [0.25, 0.3) is 0 Å². The van der Waals surface area contributed by atoms with Gasteiger partial charge in [-0.2, -0.15) is 17.6 Å². The number of benzene rings is 1. The van der Waals surface area contributed by atoms with Gasteiger partial charge in [0.1, 0.15) is 0 Å². The number of halogens is 4. The summed E-state index contributed by atoms with van der Waals surface area (Å²) in [7, 11) is 0. The van der Waals surface area contributed by atoms with Crippen molar-refractivity contribution in [3.8, 4) is 11.5 Å². The molecule has 0 saturated heterocycles. The highest BCUT2D eigenvalue weighted by atomic mass is 19.3. The second-order valence-corrected chi connectivity index (χ2v) is 12.3. The lowest BCUT2D eigenvalue weighted by Crippen LogP contribution is -2.35. The fraction of sp³-hybridized carbons (Fsp3) is 0.758. The minimum absolute atomic E-state index is 0.221. The second kappa shape index (κ2) is 14.9. The molecule has 0 spiro atoms. The van der Waals surface area contributed by atoms with E-state index < -0.39 is 30.1 Å². The Hall–Kier alpha value is -1.76. The average Bonchev–Trinajstić information content (AvgIpc) is 2.97. The van der Waals surface area contributed by atoms with Crippen LogP contribution >= 0.6 is 0 Å². The number of hydrogen-bond acceptors (Lipinski definition) is 3. The summed E-state index contributed by atoms with van der Waals surface area (Å²) >= 11 is 0. The lowest BCUT2D eigenvalue weighted by molar-refractivity contribution is -0.223. The molecule has 7 heteroatoms. The second-order valence-electron chi connectivity index (χ2n) is 12.3. The van der Waals surface area contributed by atoms with E-state index in [2.05, 4.69) is 17.7 Å². The Kier molecular flexibility index (Phi) is 11.6. The Morgan fingerprint density at radius 3 is 1.98 bits per heavy atom. The molecular weight excluding hydrogens is 520 g/mol. The number of hydrogen-bond donors (Lipinski definition) is 0. The molecule has 226 valence electrons. The van der Waals surface area contributed by atoms with Gasteiger partial charge in [0.2, 0.25) is 11.6 Å². The van der Waals surface area contributed by atoms with Crippen molar-refractivity contribution >= 4 is 0 Å². The maximum Gasteiger partial charge on any atom is 0.422 e. The zero-order chi connectivity index (χ0) is 28.5. The standard InChI is InChI=1S/C33H48F4O3/c1-3-5-21-38-29-19-20-30(32(35)31(29)34)40-33(36,37)22-39-28-17-15-27(16-18-28)26-13-11-25(12-14-26)24-9-7-23(6-4-2)8-10-24/h7,19-20,24-28H,3-6,8-18,21-22H2,1-2H3. The Bertz CT molecular complexity index is 949. The van der Waals surface area contributed by atoms with Crippen molar-refractivity contribution in [3.63, 3.8) is 0 Å². The predicted molar refractivity (Wildman–Crippen MR) is 150 cm³/mol. The van der Waals surface area contributed by atoms with E-state index >= 15 is 0 Å². The Balaban J connectivity index is 1.16. The molecule has 1 aromatic carbocycles. The molecule has 0 aromatic heterocycles. The molecule has 0 radical (unpaired) electrons. The number of unbranched alkanes of at least 4 members (excludes halogenated alkanes) is 1. The Morgan fingerprint density at radius 1 is 0.775 bits per heavy atom. The van der Waals surface area contributed by atoms with E-state index in [4.69, 9.17) is 9.47 Å². The van der Waals surface area contributed by atoms with E-state index in [1.54, 1.807) is 5.57 Å². The highest BCUT2D eigenvalue weighted by Gasteiger charge is 2.37. The number of rotatable bonds is 13. The summed E-state index contributed by atoms with van der Waals surface area (Å²) in [5.41, 5.74) is 1.67. The third-order valence-electron chi connectivity index (χ3n) is 9.50. The molecule has 40 heavy (non-hydrogen) atoms. The number of ether oxygens (including phenoxy) is 3. The van der Waals surface area contributed by atoms with E-state index in [0.717, 1.165) is 62.0 Å². The highest BCUT2D eigenvalue weighted by molar-refractivity contribution is 5.35. The third-order valence-corrected chi connectivity index (χ3v) is 9.50. The molecule has 0 heterocycles. The van der Waals surface area contributed by atoms with E-state index in [-0.39, 0.29) is 18.5 Å². The number of allylic oxidation sites excluding steroid dienone is 2. The van der Waals surface area contributed by atoms with Crippen LogP contribution in [0.3, 0.4) is 0 Å². The van der Waals surface area contributed by atoms with Gasteiger partial charge in [-0.05, 0) is 119 Å². The summed E-state index contributed by atoms with van der Waals surface area (Å²) < 4.78 is 72.7. The largest absolute Gasteiger partial charge is 0.490 e. The highest BCUT2D eigenvalue weighted by Crippen LogP contribution is 2.45. The van der Waals surface area contributed by atoms with Crippen molar-refractivity contribution in [2.24, 2.45) is 23.7 Å². The fourth-order valence-corrected chi connectivity index (χ4v) is 7.14. The molecule has 0 N–H and O–H groups in total. The summed E-state index contributed by atoms with van der Waals surface area (Å²) in [5.74, 6) is -0.857. The van der Waals surface area contributed by atoms with Gasteiger partial charge in [0.15, 0.2) is 18.1 Å². The molecule has 4 rings (SSSR count). The topological polar surface area (TPSA) is 27.7 Å². The molecule has 1 aromatic rings. The van der Waals surface area contributed by atoms with Crippen LogP contribution < -0.4 is 9.47 Å². The zero-order valence-corrected chi connectivity index (χ0v) is 24.4. The Morgan fingerprint density at radius 2 is 1.38 bits per heavy atom. The van der Waals surface area contributed by atoms with Crippen LogP contribution in [0.5, 0.6) is 11.5 Å². The number of alkyl halides is 2. The van der Waals surface area contributed by atoms with Crippen LogP contribution in [0.15, 0.2) is 23.8 Å². The van der Waals surface area contributed by atoms with Gasteiger partial charge in [-0.1, -0.05) is 38.3 Å². The summed E-state index contributed by atoms with van der Waals surface area (Å²) in [4.78, 5) is 0. The van der Waals surface area contributed by atoms with Crippen LogP contribution in [0.1, 0.15) is 110 Å². The molecule has 3 aliphatic rings. The summed E-state index contributed by atoms with van der Waals surface area (Å²) in [6.07, 6.45) is 15.2. The first-order valence-electron chi connectivity index (χ1n) is 15.8. The average molecular weight is 569 g/mol. The zero-order valence-electron chi connectivity index (χ0n) is 24.4. The van der Waals surface area contributed by atoms with E-state index in [1.165, 1.54) is 57.8 Å². The first-order valence-corrected chi connectivity index (χ1v) is 15.8. The summed E-state index contributed by atoms with van der Waals surface area (Å²) in [6.45, 7) is 3.43. The molecule has 0 bridgehead atoms. The maximum atomic E-state index is 14.5. The molecular formula is C33H48F4O3. The van der Waals surface area contributed by atoms with Crippen LogP contribution in [0.4, 0.5) is 17.6 Å². The van der Waals surface area contributed by atoms with Gasteiger partial charge in [-0.25, -0.2) is 0 Å². The van der Waals surface area contributed by atoms with E-state index in [9.17, 15) is 17.6 Å². The van der Waals surface area contributed by atoms with Crippen molar-refractivity contribution in [2.75, 3.05) is 13.2 Å². The van der Waals surface area contributed by atoms with Gasteiger partial charge in [-0.15, -0.1) is 0 Å². The normalized spacial score (nSPS) is 27.8. The van der Waals surface area contributed by atoms with Gasteiger partial charge >= 0.3 is 6.11 Å². The van der Waals surface area contributed by atoms with Crippen molar-refractivity contribution in [1.29, 1.82) is 0 Å². The van der Waals surface area contributed by atoms with Crippen LogP contribution in [0, 0.1) is 35.3 Å². The molecule has 3 nitrogen and oxygen atoms in total. The molecule has 0 aliphatic heterocycles. The summed E-state index contributed by atoms with van der Waals surface area (Å²) in [6, 6.07) is 2.09. The van der Waals surface area contributed by atoms with Gasteiger partial charge in [0, 0.05) is 0 Å². The Labute approximate surface area is 238 Å². The van der Waals surface area contributed by atoms with Crippen LogP contribution in [0.25, 0.3) is 0 Å². The smallest absolute Gasteiger partial charge is 0.422 e. The van der Waals surface area contributed by atoms with Crippen LogP contribution in [-0.2, 0) is 4.74 Å². The lowest BCUT2D eigenvalue weighted by atomic mass is 9.66.